The van der Waals surface area contributed by atoms with E-state index < -0.39 is 0 Å². The van der Waals surface area contributed by atoms with Gasteiger partial charge in [-0.05, 0) is 25.1 Å². The normalized spacial score (nSPS) is 11.2. The molecule has 0 aliphatic rings. The SMILES string of the molecule is Cc1ccc2c(c1)cc(C(=O)Nc1nc(-c3cnn(C)c3)cs1)n2C. The highest BCUT2D eigenvalue weighted by atomic mass is 32.1. The highest BCUT2D eigenvalue weighted by molar-refractivity contribution is 7.14. The van der Waals surface area contributed by atoms with Gasteiger partial charge in [0.05, 0.1) is 11.9 Å². The molecule has 0 saturated heterocycles. The molecule has 0 bridgehead atoms. The van der Waals surface area contributed by atoms with Crippen molar-refractivity contribution in [2.45, 2.75) is 6.92 Å². The van der Waals surface area contributed by atoms with Gasteiger partial charge in [0, 0.05) is 42.1 Å². The molecular formula is C18H17N5OS. The number of thiazole rings is 1. The molecule has 0 spiro atoms. The first-order valence-electron chi connectivity index (χ1n) is 7.83. The van der Waals surface area contributed by atoms with Gasteiger partial charge in [-0.3, -0.25) is 14.8 Å². The van der Waals surface area contributed by atoms with Crippen molar-refractivity contribution in [3.63, 3.8) is 0 Å². The molecule has 6 nitrogen and oxygen atoms in total. The van der Waals surface area contributed by atoms with Gasteiger partial charge >= 0.3 is 0 Å². The second-order valence-electron chi connectivity index (χ2n) is 6.05. The smallest absolute Gasteiger partial charge is 0.274 e. The fraction of sp³-hybridized carbons (Fsp3) is 0.167. The van der Waals surface area contributed by atoms with Crippen molar-refractivity contribution in [2.24, 2.45) is 14.1 Å². The van der Waals surface area contributed by atoms with Crippen LogP contribution in [-0.4, -0.2) is 25.2 Å². The van der Waals surface area contributed by atoms with E-state index in [1.54, 1.807) is 10.9 Å². The number of aromatic nitrogens is 4. The number of rotatable bonds is 3. The molecule has 7 heteroatoms. The van der Waals surface area contributed by atoms with E-state index in [1.165, 1.54) is 16.9 Å². The maximum absolute atomic E-state index is 12.7. The Balaban J connectivity index is 1.60. The van der Waals surface area contributed by atoms with Crippen LogP contribution < -0.4 is 5.32 Å². The van der Waals surface area contributed by atoms with Gasteiger partial charge in [0.2, 0.25) is 0 Å². The van der Waals surface area contributed by atoms with Crippen molar-refractivity contribution in [1.29, 1.82) is 0 Å². The number of aryl methyl sites for hydroxylation is 3. The minimum Gasteiger partial charge on any atom is -0.340 e. The Morgan fingerprint density at radius 3 is 2.84 bits per heavy atom. The molecule has 1 amide bonds. The molecular weight excluding hydrogens is 334 g/mol. The zero-order chi connectivity index (χ0) is 17.6. The summed E-state index contributed by atoms with van der Waals surface area (Å²) in [5.74, 6) is -0.163. The van der Waals surface area contributed by atoms with E-state index in [-0.39, 0.29) is 5.91 Å². The maximum atomic E-state index is 12.7. The molecule has 1 N–H and O–H groups in total. The van der Waals surface area contributed by atoms with E-state index in [4.69, 9.17) is 0 Å². The highest BCUT2D eigenvalue weighted by Crippen LogP contribution is 2.26. The van der Waals surface area contributed by atoms with Crippen molar-refractivity contribution in [3.8, 4) is 11.3 Å². The van der Waals surface area contributed by atoms with Crippen LogP contribution in [0, 0.1) is 6.92 Å². The molecule has 0 aliphatic carbocycles. The minimum atomic E-state index is -0.163. The largest absolute Gasteiger partial charge is 0.340 e. The quantitative estimate of drug-likeness (QED) is 0.613. The number of hydrogen-bond acceptors (Lipinski definition) is 4. The molecule has 4 aromatic rings. The Kier molecular flexibility index (Phi) is 3.65. The van der Waals surface area contributed by atoms with Crippen LogP contribution in [0.25, 0.3) is 22.2 Å². The van der Waals surface area contributed by atoms with Crippen LogP contribution in [0.4, 0.5) is 5.13 Å². The number of nitrogens with one attached hydrogen (secondary N) is 1. The van der Waals surface area contributed by atoms with Gasteiger partial charge in [-0.1, -0.05) is 11.6 Å². The molecule has 4 rings (SSSR count). The first kappa shape index (κ1) is 15.6. The summed E-state index contributed by atoms with van der Waals surface area (Å²) >= 11 is 1.40. The summed E-state index contributed by atoms with van der Waals surface area (Å²) in [6, 6.07) is 8.07. The maximum Gasteiger partial charge on any atom is 0.274 e. The fourth-order valence-electron chi connectivity index (χ4n) is 2.87. The number of amides is 1. The summed E-state index contributed by atoms with van der Waals surface area (Å²) in [6.45, 7) is 2.04. The summed E-state index contributed by atoms with van der Waals surface area (Å²) in [6.07, 6.45) is 3.65. The molecule has 3 aromatic heterocycles. The molecule has 0 radical (unpaired) electrons. The lowest BCUT2D eigenvalue weighted by molar-refractivity contribution is 0.101. The number of fused-ring (bicyclic) bond motifs is 1. The number of nitrogens with zero attached hydrogens (tertiary/aromatic N) is 4. The van der Waals surface area contributed by atoms with Crippen LogP contribution in [0.3, 0.4) is 0 Å². The number of anilines is 1. The number of hydrogen-bond donors (Lipinski definition) is 1. The molecule has 1 aromatic carbocycles. The van der Waals surface area contributed by atoms with Crippen molar-refractivity contribution < 1.29 is 4.79 Å². The van der Waals surface area contributed by atoms with Crippen molar-refractivity contribution >= 4 is 33.3 Å². The van der Waals surface area contributed by atoms with Gasteiger partial charge in [0.15, 0.2) is 5.13 Å². The van der Waals surface area contributed by atoms with Gasteiger partial charge in [-0.15, -0.1) is 11.3 Å². The zero-order valence-electron chi connectivity index (χ0n) is 14.1. The zero-order valence-corrected chi connectivity index (χ0v) is 15.0. The van der Waals surface area contributed by atoms with Crippen molar-refractivity contribution in [2.75, 3.05) is 5.32 Å². The summed E-state index contributed by atoms with van der Waals surface area (Å²) in [5, 5.41) is 10.6. The monoisotopic (exact) mass is 351 g/mol. The van der Waals surface area contributed by atoms with Gasteiger partial charge in [-0.2, -0.15) is 5.10 Å². The second-order valence-corrected chi connectivity index (χ2v) is 6.90. The highest BCUT2D eigenvalue weighted by Gasteiger charge is 2.15. The van der Waals surface area contributed by atoms with E-state index >= 15 is 0 Å². The van der Waals surface area contributed by atoms with Crippen molar-refractivity contribution in [1.82, 2.24) is 19.3 Å². The predicted molar refractivity (Wildman–Crippen MR) is 99.9 cm³/mol. The van der Waals surface area contributed by atoms with Crippen LogP contribution >= 0.6 is 11.3 Å². The molecule has 0 saturated carbocycles. The molecule has 3 heterocycles. The van der Waals surface area contributed by atoms with Crippen LogP contribution in [0.1, 0.15) is 16.1 Å². The number of benzene rings is 1. The third kappa shape index (κ3) is 2.83. The van der Waals surface area contributed by atoms with Crippen LogP contribution in [-0.2, 0) is 14.1 Å². The average Bonchev–Trinajstić information content (AvgIpc) is 3.27. The van der Waals surface area contributed by atoms with Gasteiger partial charge in [-0.25, -0.2) is 4.98 Å². The Bertz CT molecular complexity index is 1090. The third-order valence-corrected chi connectivity index (χ3v) is 4.91. The summed E-state index contributed by atoms with van der Waals surface area (Å²) in [7, 11) is 3.76. The molecule has 25 heavy (non-hydrogen) atoms. The molecule has 126 valence electrons. The topological polar surface area (TPSA) is 64.7 Å². The van der Waals surface area contributed by atoms with Gasteiger partial charge < -0.3 is 4.57 Å². The lowest BCUT2D eigenvalue weighted by atomic mass is 10.2. The lowest BCUT2D eigenvalue weighted by Crippen LogP contribution is -2.15. The van der Waals surface area contributed by atoms with E-state index in [9.17, 15) is 4.79 Å². The number of carbonyl (C=O) groups is 1. The second kappa shape index (κ2) is 5.86. The molecule has 0 fully saturated rings. The molecule has 0 unspecified atom stereocenters. The minimum absolute atomic E-state index is 0.163. The van der Waals surface area contributed by atoms with Crippen LogP contribution in [0.15, 0.2) is 42.0 Å². The first-order chi connectivity index (χ1) is 12.0. The standard InChI is InChI=1S/C18H17N5OS/c1-11-4-5-15-12(6-11)7-16(23(15)3)17(24)21-18-20-14(10-25-18)13-8-19-22(2)9-13/h4-10H,1-3H3,(H,20,21,24). The lowest BCUT2D eigenvalue weighted by Gasteiger charge is -2.04. The van der Waals surface area contributed by atoms with E-state index in [2.05, 4.69) is 21.5 Å². The van der Waals surface area contributed by atoms with Crippen molar-refractivity contribution in [3.05, 3.63) is 53.3 Å². The third-order valence-electron chi connectivity index (χ3n) is 4.16. The Labute approximate surface area is 148 Å². The van der Waals surface area contributed by atoms with Gasteiger partial charge in [0.25, 0.3) is 5.91 Å². The molecule has 0 aliphatic heterocycles. The first-order valence-corrected chi connectivity index (χ1v) is 8.71. The van der Waals surface area contributed by atoms with E-state index in [0.717, 1.165) is 22.2 Å². The van der Waals surface area contributed by atoms with Gasteiger partial charge in [0.1, 0.15) is 5.69 Å². The Morgan fingerprint density at radius 1 is 1.24 bits per heavy atom. The number of carbonyl (C=O) groups excluding carboxylic acids is 1. The Morgan fingerprint density at radius 2 is 2.08 bits per heavy atom. The summed E-state index contributed by atoms with van der Waals surface area (Å²) < 4.78 is 3.63. The van der Waals surface area contributed by atoms with Crippen LogP contribution in [0.2, 0.25) is 0 Å². The fourth-order valence-corrected chi connectivity index (χ4v) is 3.58. The van der Waals surface area contributed by atoms with E-state index in [1.807, 2.05) is 55.4 Å². The molecule has 0 atom stereocenters. The predicted octanol–water partition coefficient (Wildman–Crippen LogP) is 3.60. The van der Waals surface area contributed by atoms with E-state index in [0.29, 0.717) is 10.8 Å². The Hall–Kier alpha value is -2.93. The van der Waals surface area contributed by atoms with Crippen LogP contribution in [0.5, 0.6) is 0 Å². The average molecular weight is 351 g/mol. The summed E-state index contributed by atoms with van der Waals surface area (Å²) in [4.78, 5) is 17.1. The summed E-state index contributed by atoms with van der Waals surface area (Å²) in [5.41, 5.74) is 4.55.